The van der Waals surface area contributed by atoms with E-state index in [0.717, 1.165) is 5.56 Å². The zero-order chi connectivity index (χ0) is 24.6. The van der Waals surface area contributed by atoms with Crippen molar-refractivity contribution >= 4 is 22.1 Å². The number of hydrogen-bond acceptors (Lipinski definition) is 8. The van der Waals surface area contributed by atoms with Gasteiger partial charge in [-0.25, -0.2) is 13.8 Å². The van der Waals surface area contributed by atoms with Crippen molar-refractivity contribution in [2.45, 2.75) is 17.7 Å². The highest BCUT2D eigenvalue weighted by Gasteiger charge is 2.26. The van der Waals surface area contributed by atoms with E-state index in [1.807, 2.05) is 0 Å². The largest absolute Gasteiger partial charge is 0.493 e. The molecule has 0 unspecified atom stereocenters. The van der Waals surface area contributed by atoms with Crippen LogP contribution in [0.5, 0.6) is 17.2 Å². The van der Waals surface area contributed by atoms with Gasteiger partial charge in [0, 0.05) is 25.1 Å². The number of aryl methyl sites for hydroxylation is 1. The molecule has 0 bridgehead atoms. The van der Waals surface area contributed by atoms with E-state index in [2.05, 4.69) is 10.5 Å². The van der Waals surface area contributed by atoms with Crippen molar-refractivity contribution < 1.29 is 32.2 Å². The molecule has 0 spiro atoms. The quantitative estimate of drug-likeness (QED) is 0.398. The van der Waals surface area contributed by atoms with Crippen LogP contribution in [0.15, 0.2) is 46.4 Å². The standard InChI is InChI=1S/C23H29N3O7S/c1-30-20-14-18(15-21(31-2)23(20)32-3)16-24-25-22(27)9-6-17-4-7-19(8-5-17)34(28,29)26-10-12-33-13-11-26/h4-5,7-8,14-16H,6,9-13H2,1-3H3,(H,25,27). The molecule has 1 aliphatic rings. The Bertz CT molecular complexity index is 1090. The summed E-state index contributed by atoms with van der Waals surface area (Å²) in [5.74, 6) is 1.16. The smallest absolute Gasteiger partial charge is 0.243 e. The molecule has 184 valence electrons. The molecular weight excluding hydrogens is 462 g/mol. The van der Waals surface area contributed by atoms with Gasteiger partial charge in [-0.15, -0.1) is 0 Å². The highest BCUT2D eigenvalue weighted by Crippen LogP contribution is 2.37. The van der Waals surface area contributed by atoms with Crippen molar-refractivity contribution in [3.63, 3.8) is 0 Å². The number of ether oxygens (including phenoxy) is 4. The van der Waals surface area contributed by atoms with Gasteiger partial charge in [-0.05, 0) is 36.2 Å². The Hall–Kier alpha value is -3.15. The normalized spacial score (nSPS) is 14.7. The minimum absolute atomic E-state index is 0.197. The van der Waals surface area contributed by atoms with E-state index in [-0.39, 0.29) is 17.2 Å². The topological polar surface area (TPSA) is 116 Å². The SMILES string of the molecule is COc1cc(C=NNC(=O)CCc2ccc(S(=O)(=O)N3CCOCC3)cc2)cc(OC)c1OC. The number of sulfonamides is 1. The maximum atomic E-state index is 12.7. The molecule has 34 heavy (non-hydrogen) atoms. The Morgan fingerprint density at radius 1 is 1.06 bits per heavy atom. The van der Waals surface area contributed by atoms with Gasteiger partial charge in [0.25, 0.3) is 0 Å². The van der Waals surface area contributed by atoms with E-state index in [4.69, 9.17) is 18.9 Å². The summed E-state index contributed by atoms with van der Waals surface area (Å²) in [7, 11) is 1.02. The van der Waals surface area contributed by atoms with Gasteiger partial charge in [0.05, 0.1) is 45.7 Å². The number of hydrazone groups is 1. The van der Waals surface area contributed by atoms with Gasteiger partial charge in [0.15, 0.2) is 11.5 Å². The molecule has 3 rings (SSSR count). The first-order valence-corrected chi connectivity index (χ1v) is 12.1. The molecule has 1 amide bonds. The number of rotatable bonds is 10. The molecule has 0 radical (unpaired) electrons. The first-order chi connectivity index (χ1) is 16.4. The number of hydrogen-bond donors (Lipinski definition) is 1. The third kappa shape index (κ3) is 6.25. The lowest BCUT2D eigenvalue weighted by Crippen LogP contribution is -2.40. The maximum Gasteiger partial charge on any atom is 0.243 e. The van der Waals surface area contributed by atoms with E-state index >= 15 is 0 Å². The fourth-order valence-electron chi connectivity index (χ4n) is 3.43. The molecule has 1 saturated heterocycles. The van der Waals surface area contributed by atoms with Crippen LogP contribution in [0.2, 0.25) is 0 Å². The summed E-state index contributed by atoms with van der Waals surface area (Å²) >= 11 is 0. The van der Waals surface area contributed by atoms with E-state index in [1.54, 1.807) is 36.4 Å². The summed E-state index contributed by atoms with van der Waals surface area (Å²) < 4.78 is 47.9. The second-order valence-electron chi connectivity index (χ2n) is 7.41. The number of nitrogens with zero attached hydrogens (tertiary/aromatic N) is 2. The Morgan fingerprint density at radius 3 is 2.24 bits per heavy atom. The number of nitrogens with one attached hydrogen (secondary N) is 1. The predicted octanol–water partition coefficient (Wildman–Crippen LogP) is 1.82. The van der Waals surface area contributed by atoms with E-state index in [1.165, 1.54) is 31.8 Å². The van der Waals surface area contributed by atoms with Crippen LogP contribution in [0.1, 0.15) is 17.5 Å². The van der Waals surface area contributed by atoms with Crippen LogP contribution >= 0.6 is 0 Å². The van der Waals surface area contributed by atoms with Crippen LogP contribution in [0.3, 0.4) is 0 Å². The van der Waals surface area contributed by atoms with E-state index in [9.17, 15) is 13.2 Å². The van der Waals surface area contributed by atoms with Crippen LogP contribution < -0.4 is 19.6 Å². The molecule has 10 nitrogen and oxygen atoms in total. The lowest BCUT2D eigenvalue weighted by Gasteiger charge is -2.26. The average molecular weight is 492 g/mol. The number of benzene rings is 2. The number of morpholine rings is 1. The Kier molecular flexibility index (Phi) is 8.85. The molecule has 0 aliphatic carbocycles. The molecule has 2 aromatic carbocycles. The molecular formula is C23H29N3O7S. The molecule has 11 heteroatoms. The van der Waals surface area contributed by atoms with Crippen molar-refractivity contribution in [3.05, 3.63) is 47.5 Å². The van der Waals surface area contributed by atoms with Gasteiger partial charge in [-0.1, -0.05) is 12.1 Å². The summed E-state index contributed by atoms with van der Waals surface area (Å²) in [5.41, 5.74) is 4.00. The van der Waals surface area contributed by atoms with Crippen molar-refractivity contribution in [3.8, 4) is 17.2 Å². The molecule has 1 heterocycles. The predicted molar refractivity (Wildman–Crippen MR) is 126 cm³/mol. The molecule has 1 aliphatic heterocycles. The molecule has 0 saturated carbocycles. The zero-order valence-electron chi connectivity index (χ0n) is 19.4. The second kappa shape index (κ2) is 11.8. The third-order valence-corrected chi connectivity index (χ3v) is 7.17. The van der Waals surface area contributed by atoms with Gasteiger partial charge in [0.2, 0.25) is 21.7 Å². The van der Waals surface area contributed by atoms with Crippen LogP contribution in [0, 0.1) is 0 Å². The lowest BCUT2D eigenvalue weighted by atomic mass is 10.1. The second-order valence-corrected chi connectivity index (χ2v) is 9.35. The molecule has 1 N–H and O–H groups in total. The maximum absolute atomic E-state index is 12.7. The van der Waals surface area contributed by atoms with Crippen LogP contribution in [0.4, 0.5) is 0 Å². The van der Waals surface area contributed by atoms with Crippen LogP contribution in [-0.4, -0.2) is 72.5 Å². The highest BCUT2D eigenvalue weighted by atomic mass is 32.2. The highest BCUT2D eigenvalue weighted by molar-refractivity contribution is 7.89. The number of carbonyl (C=O) groups excluding carboxylic acids is 1. The Labute approximate surface area is 199 Å². The fraction of sp³-hybridized carbons (Fsp3) is 0.391. The van der Waals surface area contributed by atoms with Gasteiger partial charge >= 0.3 is 0 Å². The monoisotopic (exact) mass is 491 g/mol. The van der Waals surface area contributed by atoms with E-state index in [0.29, 0.717) is 55.5 Å². The number of methoxy groups -OCH3 is 3. The van der Waals surface area contributed by atoms with Crippen LogP contribution in [-0.2, 0) is 26.0 Å². The van der Waals surface area contributed by atoms with Crippen molar-refractivity contribution in [1.82, 2.24) is 9.73 Å². The van der Waals surface area contributed by atoms with Gasteiger partial charge in [-0.2, -0.15) is 9.41 Å². The van der Waals surface area contributed by atoms with Gasteiger partial charge in [-0.3, -0.25) is 4.79 Å². The molecule has 0 atom stereocenters. The minimum atomic E-state index is -3.53. The minimum Gasteiger partial charge on any atom is -0.493 e. The van der Waals surface area contributed by atoms with Gasteiger partial charge in [0.1, 0.15) is 0 Å². The first kappa shape index (κ1) is 25.5. The number of amides is 1. The Balaban J connectivity index is 1.54. The van der Waals surface area contributed by atoms with Crippen molar-refractivity contribution in [2.24, 2.45) is 5.10 Å². The lowest BCUT2D eigenvalue weighted by molar-refractivity contribution is -0.121. The summed E-state index contributed by atoms with van der Waals surface area (Å²) in [6.07, 6.45) is 2.12. The summed E-state index contributed by atoms with van der Waals surface area (Å²) in [6, 6.07) is 10.0. The van der Waals surface area contributed by atoms with Crippen molar-refractivity contribution in [2.75, 3.05) is 47.6 Å². The zero-order valence-corrected chi connectivity index (χ0v) is 20.3. The summed E-state index contributed by atoms with van der Waals surface area (Å²) in [5, 5.41) is 3.99. The molecule has 1 fully saturated rings. The van der Waals surface area contributed by atoms with E-state index < -0.39 is 10.0 Å². The molecule has 2 aromatic rings. The Morgan fingerprint density at radius 2 is 1.68 bits per heavy atom. The average Bonchev–Trinajstić information content (AvgIpc) is 2.87. The first-order valence-electron chi connectivity index (χ1n) is 10.7. The summed E-state index contributed by atoms with van der Waals surface area (Å²) in [6.45, 7) is 1.49. The van der Waals surface area contributed by atoms with Crippen molar-refractivity contribution in [1.29, 1.82) is 0 Å². The van der Waals surface area contributed by atoms with Crippen LogP contribution in [0.25, 0.3) is 0 Å². The summed E-state index contributed by atoms with van der Waals surface area (Å²) in [4.78, 5) is 12.4. The molecule has 0 aromatic heterocycles. The van der Waals surface area contributed by atoms with Gasteiger partial charge < -0.3 is 18.9 Å². The fourth-order valence-corrected chi connectivity index (χ4v) is 4.84. The number of carbonyl (C=O) groups is 1. The third-order valence-electron chi connectivity index (χ3n) is 5.26.